The van der Waals surface area contributed by atoms with Gasteiger partial charge in [-0.2, -0.15) is 9.40 Å². The van der Waals surface area contributed by atoms with Gasteiger partial charge in [-0.15, -0.1) is 0 Å². The number of hydrogen-bond acceptors (Lipinski definition) is 7. The van der Waals surface area contributed by atoms with Crippen molar-refractivity contribution in [2.24, 2.45) is 7.05 Å². The minimum atomic E-state index is -3.90. The smallest absolute Gasteiger partial charge is 0.270 e. The highest BCUT2D eigenvalue weighted by Crippen LogP contribution is 2.24. The maximum absolute atomic E-state index is 13.1. The SMILES string of the molecule is Cc1nc2c(cc1C(=O)N1CCN(S(=O)(=O)c3cccc([N+](=O)[O-])c3)CC1)c(C)nn2C. The lowest BCUT2D eigenvalue weighted by Crippen LogP contribution is -2.50. The monoisotopic (exact) mass is 458 g/mol. The van der Waals surface area contributed by atoms with E-state index in [4.69, 9.17) is 0 Å². The summed E-state index contributed by atoms with van der Waals surface area (Å²) >= 11 is 0. The number of rotatable bonds is 4. The Kier molecular flexibility index (Phi) is 5.42. The summed E-state index contributed by atoms with van der Waals surface area (Å²) in [5.74, 6) is -0.215. The molecule has 0 radical (unpaired) electrons. The van der Waals surface area contributed by atoms with Crippen molar-refractivity contribution in [1.82, 2.24) is 24.0 Å². The normalized spacial score (nSPS) is 15.3. The fourth-order valence-electron chi connectivity index (χ4n) is 3.86. The van der Waals surface area contributed by atoms with Crippen LogP contribution in [-0.2, 0) is 17.1 Å². The minimum Gasteiger partial charge on any atom is -0.336 e. The van der Waals surface area contributed by atoms with Crippen LogP contribution in [0, 0.1) is 24.0 Å². The van der Waals surface area contributed by atoms with E-state index in [0.717, 1.165) is 17.1 Å². The van der Waals surface area contributed by atoms with Crippen molar-refractivity contribution in [1.29, 1.82) is 0 Å². The number of benzene rings is 1. The summed E-state index contributed by atoms with van der Waals surface area (Å²) in [6, 6.07) is 6.76. The Morgan fingerprint density at radius 1 is 1.09 bits per heavy atom. The highest BCUT2D eigenvalue weighted by molar-refractivity contribution is 7.89. The molecule has 0 bridgehead atoms. The molecule has 0 saturated carbocycles. The average Bonchev–Trinajstić information content (AvgIpc) is 3.05. The van der Waals surface area contributed by atoms with Crippen LogP contribution in [0.1, 0.15) is 21.7 Å². The molecule has 0 spiro atoms. The molecule has 4 rings (SSSR count). The molecule has 1 aliphatic rings. The molecule has 11 nitrogen and oxygen atoms in total. The molecule has 1 saturated heterocycles. The van der Waals surface area contributed by atoms with Crippen LogP contribution in [-0.4, -0.2) is 69.4 Å². The van der Waals surface area contributed by atoms with Crippen LogP contribution < -0.4 is 0 Å². The zero-order valence-electron chi connectivity index (χ0n) is 17.8. The van der Waals surface area contributed by atoms with E-state index in [0.29, 0.717) is 16.9 Å². The number of piperazine rings is 1. The van der Waals surface area contributed by atoms with Gasteiger partial charge in [0.25, 0.3) is 11.6 Å². The summed E-state index contributed by atoms with van der Waals surface area (Å²) in [6.07, 6.45) is 0. The fourth-order valence-corrected chi connectivity index (χ4v) is 5.32. The van der Waals surface area contributed by atoms with E-state index < -0.39 is 14.9 Å². The lowest BCUT2D eigenvalue weighted by molar-refractivity contribution is -0.385. The lowest BCUT2D eigenvalue weighted by atomic mass is 10.1. The van der Waals surface area contributed by atoms with Crippen molar-refractivity contribution >= 4 is 32.7 Å². The van der Waals surface area contributed by atoms with E-state index in [1.807, 2.05) is 6.92 Å². The van der Waals surface area contributed by atoms with Gasteiger partial charge < -0.3 is 4.90 Å². The largest absolute Gasteiger partial charge is 0.336 e. The topological polar surface area (TPSA) is 132 Å². The molecule has 3 heterocycles. The van der Waals surface area contributed by atoms with Crippen LogP contribution in [0.2, 0.25) is 0 Å². The van der Waals surface area contributed by atoms with Crippen molar-refractivity contribution in [3.05, 3.63) is 57.4 Å². The maximum atomic E-state index is 13.1. The molecule has 0 atom stereocenters. The Balaban J connectivity index is 1.52. The standard InChI is InChI=1S/C20H22N6O5S/c1-13-18(12-17-14(2)22-23(3)19(17)21-13)20(27)24-7-9-25(10-8-24)32(30,31)16-6-4-5-15(11-16)26(28)29/h4-6,11-12H,7-10H2,1-3H3. The van der Waals surface area contributed by atoms with Crippen LogP contribution in [0.25, 0.3) is 11.0 Å². The number of fused-ring (bicyclic) bond motifs is 1. The van der Waals surface area contributed by atoms with Gasteiger partial charge in [0, 0.05) is 50.7 Å². The second kappa shape index (κ2) is 7.95. The van der Waals surface area contributed by atoms with Crippen molar-refractivity contribution < 1.29 is 18.1 Å². The van der Waals surface area contributed by atoms with Gasteiger partial charge in [0.1, 0.15) is 0 Å². The van der Waals surface area contributed by atoms with E-state index in [1.165, 1.54) is 22.5 Å². The van der Waals surface area contributed by atoms with Crippen LogP contribution in [0.3, 0.4) is 0 Å². The Hall–Kier alpha value is -3.38. The third-order valence-corrected chi connectivity index (χ3v) is 7.51. The molecule has 1 fully saturated rings. The Bertz CT molecular complexity index is 1340. The van der Waals surface area contributed by atoms with Crippen molar-refractivity contribution in [2.75, 3.05) is 26.2 Å². The number of carbonyl (C=O) groups excluding carboxylic acids is 1. The number of aryl methyl sites for hydroxylation is 3. The Morgan fingerprint density at radius 2 is 1.78 bits per heavy atom. The van der Waals surface area contributed by atoms with Gasteiger partial charge >= 0.3 is 0 Å². The molecule has 0 aliphatic carbocycles. The van der Waals surface area contributed by atoms with E-state index in [1.54, 1.807) is 29.6 Å². The first-order valence-electron chi connectivity index (χ1n) is 9.94. The molecule has 168 valence electrons. The van der Waals surface area contributed by atoms with Crippen LogP contribution in [0.5, 0.6) is 0 Å². The van der Waals surface area contributed by atoms with Crippen molar-refractivity contribution in [3.8, 4) is 0 Å². The van der Waals surface area contributed by atoms with Crippen LogP contribution >= 0.6 is 0 Å². The molecule has 2 aromatic heterocycles. The van der Waals surface area contributed by atoms with E-state index in [-0.39, 0.29) is 42.7 Å². The molecule has 3 aromatic rings. The molecule has 1 aliphatic heterocycles. The number of sulfonamides is 1. The second-order valence-corrected chi connectivity index (χ2v) is 9.59. The minimum absolute atomic E-state index is 0.0946. The summed E-state index contributed by atoms with van der Waals surface area (Å²) in [5, 5.41) is 16.1. The first-order chi connectivity index (χ1) is 15.1. The number of carbonyl (C=O) groups is 1. The van der Waals surface area contributed by atoms with Crippen molar-refractivity contribution in [2.45, 2.75) is 18.7 Å². The molecule has 32 heavy (non-hydrogen) atoms. The van der Waals surface area contributed by atoms with Gasteiger partial charge in [-0.3, -0.25) is 19.6 Å². The van der Waals surface area contributed by atoms with Crippen LogP contribution in [0.15, 0.2) is 35.2 Å². The Morgan fingerprint density at radius 3 is 2.44 bits per heavy atom. The van der Waals surface area contributed by atoms with Gasteiger partial charge in [0.05, 0.1) is 26.8 Å². The predicted octanol–water partition coefficient (Wildman–Crippen LogP) is 1.64. The highest BCUT2D eigenvalue weighted by atomic mass is 32.2. The summed E-state index contributed by atoms with van der Waals surface area (Å²) in [7, 11) is -2.11. The summed E-state index contributed by atoms with van der Waals surface area (Å²) in [4.78, 5) is 29.5. The van der Waals surface area contributed by atoms with Gasteiger partial charge in [0.15, 0.2) is 5.65 Å². The molecular formula is C20H22N6O5S. The predicted molar refractivity (Wildman–Crippen MR) is 116 cm³/mol. The van der Waals surface area contributed by atoms with Gasteiger partial charge in [-0.05, 0) is 26.0 Å². The number of pyridine rings is 1. The highest BCUT2D eigenvalue weighted by Gasteiger charge is 2.32. The van der Waals surface area contributed by atoms with Gasteiger partial charge in [-0.1, -0.05) is 6.07 Å². The molecule has 0 N–H and O–H groups in total. The van der Waals surface area contributed by atoms with Gasteiger partial charge in [-0.25, -0.2) is 13.4 Å². The summed E-state index contributed by atoms with van der Waals surface area (Å²) < 4.78 is 28.8. The van der Waals surface area contributed by atoms with Gasteiger partial charge in [0.2, 0.25) is 10.0 Å². The van der Waals surface area contributed by atoms with E-state index in [2.05, 4.69) is 10.1 Å². The maximum Gasteiger partial charge on any atom is 0.270 e. The first kappa shape index (κ1) is 21.8. The fraction of sp³-hybridized carbons (Fsp3) is 0.350. The molecule has 1 amide bonds. The first-order valence-corrected chi connectivity index (χ1v) is 11.4. The van der Waals surface area contributed by atoms with Crippen LogP contribution in [0.4, 0.5) is 5.69 Å². The number of nitro groups is 1. The second-order valence-electron chi connectivity index (χ2n) is 7.65. The third kappa shape index (κ3) is 3.71. The van der Waals surface area contributed by atoms with E-state index in [9.17, 15) is 23.3 Å². The number of hydrogen-bond donors (Lipinski definition) is 0. The molecule has 12 heteroatoms. The zero-order chi connectivity index (χ0) is 23.2. The third-order valence-electron chi connectivity index (χ3n) is 5.61. The summed E-state index contributed by atoms with van der Waals surface area (Å²) in [6.45, 7) is 4.21. The Labute approximate surface area is 184 Å². The number of nitrogens with zero attached hydrogens (tertiary/aromatic N) is 6. The number of amides is 1. The van der Waals surface area contributed by atoms with E-state index >= 15 is 0 Å². The number of nitro benzene ring substituents is 1. The molecule has 0 unspecified atom stereocenters. The number of aromatic nitrogens is 3. The average molecular weight is 459 g/mol. The molecular weight excluding hydrogens is 436 g/mol. The molecule has 1 aromatic carbocycles. The lowest BCUT2D eigenvalue weighted by Gasteiger charge is -2.34. The van der Waals surface area contributed by atoms with Crippen molar-refractivity contribution in [3.63, 3.8) is 0 Å². The quantitative estimate of drug-likeness (QED) is 0.429. The number of non-ortho nitro benzene ring substituents is 1. The summed E-state index contributed by atoms with van der Waals surface area (Å²) in [5.41, 5.74) is 2.23. The zero-order valence-corrected chi connectivity index (χ0v) is 18.7.